The van der Waals surface area contributed by atoms with Gasteiger partial charge in [0.1, 0.15) is 5.75 Å². The molecule has 1 rings (SSSR count). The number of rotatable bonds is 6. The Labute approximate surface area is 116 Å². The lowest BCUT2D eigenvalue weighted by atomic mass is 10.2. The highest BCUT2D eigenvalue weighted by molar-refractivity contribution is 5.73. The van der Waals surface area contributed by atoms with Crippen LogP contribution in [0, 0.1) is 0 Å². The van der Waals surface area contributed by atoms with E-state index in [-0.39, 0.29) is 24.9 Å². The maximum absolute atomic E-state index is 12.0. The molecule has 0 saturated heterocycles. The highest BCUT2D eigenvalue weighted by Crippen LogP contribution is 2.14. The second-order valence-electron chi connectivity index (χ2n) is 4.41. The van der Waals surface area contributed by atoms with Crippen molar-refractivity contribution >= 4 is 6.03 Å². The number of carbonyl (C=O) groups excluding carboxylic acids is 1. The van der Waals surface area contributed by atoms with Gasteiger partial charge in [0.2, 0.25) is 0 Å². The maximum atomic E-state index is 12.0. The van der Waals surface area contributed by atoms with Crippen LogP contribution in [-0.2, 0) is 6.54 Å². The zero-order valence-corrected chi connectivity index (χ0v) is 11.3. The van der Waals surface area contributed by atoms with E-state index in [4.69, 9.17) is 5.11 Å². The van der Waals surface area contributed by atoms with E-state index in [1.807, 2.05) is 0 Å². The van der Waals surface area contributed by atoms with Crippen LogP contribution in [0.15, 0.2) is 24.3 Å². The molecule has 0 unspecified atom stereocenters. The van der Waals surface area contributed by atoms with E-state index in [0.29, 0.717) is 0 Å². The second kappa shape index (κ2) is 7.64. The smallest absolute Gasteiger partial charge is 0.387 e. The van der Waals surface area contributed by atoms with E-state index in [2.05, 4.69) is 10.1 Å². The molecule has 0 fully saturated rings. The molecule has 0 radical (unpaired) electrons. The van der Waals surface area contributed by atoms with Crippen LogP contribution in [0.5, 0.6) is 5.75 Å². The topological polar surface area (TPSA) is 61.8 Å². The molecule has 0 spiro atoms. The number of amides is 2. The number of carbonyl (C=O) groups is 1. The Morgan fingerprint density at radius 2 is 2.00 bits per heavy atom. The second-order valence-corrected chi connectivity index (χ2v) is 4.41. The first-order valence-corrected chi connectivity index (χ1v) is 6.09. The van der Waals surface area contributed by atoms with Crippen LogP contribution in [0.3, 0.4) is 0 Å². The van der Waals surface area contributed by atoms with Gasteiger partial charge in [-0.2, -0.15) is 8.78 Å². The third kappa shape index (κ3) is 5.83. The highest BCUT2D eigenvalue weighted by atomic mass is 19.3. The van der Waals surface area contributed by atoms with Gasteiger partial charge in [-0.25, -0.2) is 4.79 Å². The van der Waals surface area contributed by atoms with Crippen LogP contribution in [0.2, 0.25) is 0 Å². The normalized spacial score (nSPS) is 12.1. The zero-order chi connectivity index (χ0) is 15.1. The van der Waals surface area contributed by atoms with Gasteiger partial charge in [-0.05, 0) is 24.6 Å². The lowest BCUT2D eigenvalue weighted by Crippen LogP contribution is -2.40. The van der Waals surface area contributed by atoms with E-state index in [9.17, 15) is 13.6 Å². The third-order valence-corrected chi connectivity index (χ3v) is 2.48. The molecule has 0 heterocycles. The fourth-order valence-electron chi connectivity index (χ4n) is 1.58. The number of nitrogens with zero attached hydrogens (tertiary/aromatic N) is 1. The summed E-state index contributed by atoms with van der Waals surface area (Å²) in [7, 11) is 1.57. The number of hydrogen-bond donors (Lipinski definition) is 2. The summed E-state index contributed by atoms with van der Waals surface area (Å²) in [5, 5.41) is 11.8. The molecular formula is C13H18F2N2O3. The average molecular weight is 288 g/mol. The lowest BCUT2D eigenvalue weighted by molar-refractivity contribution is -0.0498. The van der Waals surface area contributed by atoms with Crippen molar-refractivity contribution in [1.29, 1.82) is 0 Å². The van der Waals surface area contributed by atoms with Crippen molar-refractivity contribution in [1.82, 2.24) is 10.2 Å². The molecule has 0 aliphatic heterocycles. The van der Waals surface area contributed by atoms with Crippen LogP contribution >= 0.6 is 0 Å². The quantitative estimate of drug-likeness (QED) is 0.839. The summed E-state index contributed by atoms with van der Waals surface area (Å²) in [5.41, 5.74) is 0.755. The van der Waals surface area contributed by atoms with E-state index in [1.54, 1.807) is 26.1 Å². The van der Waals surface area contributed by atoms with Gasteiger partial charge in [0, 0.05) is 20.1 Å². The molecule has 2 N–H and O–H groups in total. The van der Waals surface area contributed by atoms with Crippen molar-refractivity contribution in [3.63, 3.8) is 0 Å². The van der Waals surface area contributed by atoms with Crippen LogP contribution in [0.4, 0.5) is 13.6 Å². The molecule has 7 heteroatoms. The number of nitrogens with one attached hydrogen (secondary N) is 1. The minimum absolute atomic E-state index is 0.0706. The molecule has 1 atom stereocenters. The van der Waals surface area contributed by atoms with Crippen LogP contribution in [0.25, 0.3) is 0 Å². The molecule has 20 heavy (non-hydrogen) atoms. The Balaban J connectivity index is 2.43. The molecular weight excluding hydrogens is 270 g/mol. The van der Waals surface area contributed by atoms with Crippen molar-refractivity contribution in [3.8, 4) is 5.75 Å². The lowest BCUT2D eigenvalue weighted by Gasteiger charge is -2.19. The summed E-state index contributed by atoms with van der Waals surface area (Å²) in [6, 6.07) is 5.68. The Kier molecular flexibility index (Phi) is 6.17. The molecule has 0 saturated carbocycles. The first-order chi connectivity index (χ1) is 9.38. The Morgan fingerprint density at radius 1 is 1.40 bits per heavy atom. The molecule has 5 nitrogen and oxygen atoms in total. The standard InChI is InChI=1S/C13H18F2N2O3/c1-9(18)8-17(2)13(19)16-7-10-3-5-11(6-4-10)20-12(14)15/h3-6,9,12,18H,7-8H2,1-2H3,(H,16,19)/t9-/m0/s1. The van der Waals surface area contributed by atoms with Gasteiger partial charge >= 0.3 is 12.6 Å². The zero-order valence-electron chi connectivity index (χ0n) is 11.3. The fourth-order valence-corrected chi connectivity index (χ4v) is 1.58. The van der Waals surface area contributed by atoms with Crippen molar-refractivity contribution in [2.24, 2.45) is 0 Å². The first kappa shape index (κ1) is 16.2. The number of aliphatic hydroxyl groups is 1. The molecule has 0 bridgehead atoms. The molecule has 112 valence electrons. The molecule has 0 aliphatic carbocycles. The summed E-state index contributed by atoms with van der Waals surface area (Å²) in [6.45, 7) is -0.772. The number of ether oxygens (including phenoxy) is 1. The largest absolute Gasteiger partial charge is 0.435 e. The molecule has 1 aromatic rings. The van der Waals surface area contributed by atoms with Gasteiger partial charge in [0.05, 0.1) is 6.10 Å². The van der Waals surface area contributed by atoms with Gasteiger partial charge in [0.15, 0.2) is 0 Å². The minimum Gasteiger partial charge on any atom is -0.435 e. The average Bonchev–Trinajstić information content (AvgIpc) is 2.36. The van der Waals surface area contributed by atoms with Crippen LogP contribution < -0.4 is 10.1 Å². The third-order valence-electron chi connectivity index (χ3n) is 2.48. The summed E-state index contributed by atoms with van der Waals surface area (Å²) >= 11 is 0. The number of halogens is 2. The number of urea groups is 1. The van der Waals surface area contributed by atoms with E-state index in [0.717, 1.165) is 5.56 Å². The van der Waals surface area contributed by atoms with E-state index >= 15 is 0 Å². The van der Waals surface area contributed by atoms with Gasteiger partial charge < -0.3 is 20.1 Å². The first-order valence-electron chi connectivity index (χ1n) is 6.09. The Morgan fingerprint density at radius 3 is 2.50 bits per heavy atom. The number of alkyl halides is 2. The Bertz CT molecular complexity index is 424. The van der Waals surface area contributed by atoms with Gasteiger partial charge in [0.25, 0.3) is 0 Å². The Hall–Kier alpha value is -1.89. The number of benzene rings is 1. The number of hydrogen-bond acceptors (Lipinski definition) is 3. The van der Waals surface area contributed by atoms with E-state index in [1.165, 1.54) is 17.0 Å². The van der Waals surface area contributed by atoms with Gasteiger partial charge in [-0.3, -0.25) is 0 Å². The van der Waals surface area contributed by atoms with Crippen LogP contribution in [0.1, 0.15) is 12.5 Å². The highest BCUT2D eigenvalue weighted by Gasteiger charge is 2.10. The van der Waals surface area contributed by atoms with Gasteiger partial charge in [-0.1, -0.05) is 12.1 Å². The SMILES string of the molecule is C[C@H](O)CN(C)C(=O)NCc1ccc(OC(F)F)cc1. The van der Waals surface area contributed by atoms with Crippen molar-refractivity contribution in [3.05, 3.63) is 29.8 Å². The van der Waals surface area contributed by atoms with E-state index < -0.39 is 12.7 Å². The monoisotopic (exact) mass is 288 g/mol. The number of aliphatic hydroxyl groups excluding tert-OH is 1. The predicted molar refractivity (Wildman–Crippen MR) is 69.6 cm³/mol. The summed E-state index contributed by atoms with van der Waals surface area (Å²) in [5.74, 6) is 0.0706. The maximum Gasteiger partial charge on any atom is 0.387 e. The molecule has 2 amide bonds. The fraction of sp³-hybridized carbons (Fsp3) is 0.462. The van der Waals surface area contributed by atoms with Crippen molar-refractivity contribution in [2.45, 2.75) is 26.2 Å². The number of likely N-dealkylation sites (N-methyl/N-ethyl adjacent to an activating group) is 1. The van der Waals surface area contributed by atoms with Crippen molar-refractivity contribution in [2.75, 3.05) is 13.6 Å². The molecule has 0 aliphatic rings. The predicted octanol–water partition coefficient (Wildman–Crippen LogP) is 1.81. The van der Waals surface area contributed by atoms with Crippen LogP contribution in [-0.4, -0.2) is 42.3 Å². The summed E-state index contributed by atoms with van der Waals surface area (Å²) in [4.78, 5) is 13.0. The summed E-state index contributed by atoms with van der Waals surface area (Å²) < 4.78 is 28.1. The molecule has 1 aromatic carbocycles. The van der Waals surface area contributed by atoms with Gasteiger partial charge in [-0.15, -0.1) is 0 Å². The van der Waals surface area contributed by atoms with Crippen molar-refractivity contribution < 1.29 is 23.4 Å². The summed E-state index contributed by atoms with van der Waals surface area (Å²) in [6.07, 6.45) is -0.600. The minimum atomic E-state index is -2.85. The molecule has 0 aromatic heterocycles.